The second kappa shape index (κ2) is 9.23. The van der Waals surface area contributed by atoms with Crippen molar-refractivity contribution >= 4 is 35.0 Å². The number of nitrogens with zero attached hydrogens (tertiary/aromatic N) is 4. The molecule has 0 fully saturated rings. The first-order valence-corrected chi connectivity index (χ1v) is 9.62. The van der Waals surface area contributed by atoms with Crippen molar-refractivity contribution in [2.24, 2.45) is 0 Å². The first-order chi connectivity index (χ1) is 12.7. The number of aromatic nitrogens is 4. The zero-order valence-electron chi connectivity index (χ0n) is 14.0. The summed E-state index contributed by atoms with van der Waals surface area (Å²) in [6.45, 7) is 1.37. The molecule has 6 nitrogen and oxygen atoms in total. The Bertz CT molecular complexity index is 860. The second-order valence-electron chi connectivity index (χ2n) is 5.31. The van der Waals surface area contributed by atoms with Gasteiger partial charge in [-0.15, -0.1) is 5.10 Å². The van der Waals surface area contributed by atoms with Crippen LogP contribution in [0.15, 0.2) is 47.6 Å². The molecular weight excluding hydrogens is 393 g/mol. The molecule has 0 atom stereocenters. The third-order valence-corrected chi connectivity index (χ3v) is 4.98. The maximum Gasteiger partial charge on any atom is 0.214 e. The minimum absolute atomic E-state index is 0.508. The van der Waals surface area contributed by atoms with Crippen LogP contribution in [-0.4, -0.2) is 39.6 Å². The number of ether oxygens (including phenoxy) is 1. The summed E-state index contributed by atoms with van der Waals surface area (Å²) in [4.78, 5) is 0. The minimum Gasteiger partial charge on any atom is -0.495 e. The summed E-state index contributed by atoms with van der Waals surface area (Å²) in [5.41, 5.74) is 1.86. The van der Waals surface area contributed by atoms with E-state index in [2.05, 4.69) is 20.8 Å². The van der Waals surface area contributed by atoms with Crippen molar-refractivity contribution in [3.63, 3.8) is 0 Å². The molecular formula is C17H17Cl2N5OS. The maximum atomic E-state index is 6.15. The van der Waals surface area contributed by atoms with E-state index in [0.29, 0.717) is 22.3 Å². The van der Waals surface area contributed by atoms with Gasteiger partial charge in [0.05, 0.1) is 17.8 Å². The molecule has 0 radical (unpaired) electrons. The highest BCUT2D eigenvalue weighted by Gasteiger charge is 2.10. The van der Waals surface area contributed by atoms with Gasteiger partial charge in [0.2, 0.25) is 5.16 Å². The lowest BCUT2D eigenvalue weighted by molar-refractivity contribution is 0.408. The van der Waals surface area contributed by atoms with Crippen LogP contribution in [0.5, 0.6) is 5.75 Å². The van der Waals surface area contributed by atoms with E-state index < -0.39 is 0 Å². The van der Waals surface area contributed by atoms with Crippen LogP contribution in [0.4, 0.5) is 0 Å². The monoisotopic (exact) mass is 409 g/mol. The van der Waals surface area contributed by atoms with Gasteiger partial charge in [-0.25, -0.2) is 0 Å². The van der Waals surface area contributed by atoms with Gasteiger partial charge in [0.1, 0.15) is 5.75 Å². The van der Waals surface area contributed by atoms with Gasteiger partial charge in [0.25, 0.3) is 0 Å². The van der Waals surface area contributed by atoms with Crippen LogP contribution < -0.4 is 10.1 Å². The Morgan fingerprint density at radius 2 is 2.00 bits per heavy atom. The van der Waals surface area contributed by atoms with Crippen LogP contribution in [0.1, 0.15) is 5.56 Å². The highest BCUT2D eigenvalue weighted by atomic mass is 35.5. The summed E-state index contributed by atoms with van der Waals surface area (Å²) in [6, 6.07) is 13.3. The molecule has 0 saturated carbocycles. The van der Waals surface area contributed by atoms with Crippen molar-refractivity contribution in [1.29, 1.82) is 0 Å². The number of hydrogen-bond donors (Lipinski definition) is 1. The number of thioether (sulfide) groups is 1. The number of halogens is 2. The van der Waals surface area contributed by atoms with E-state index in [1.54, 1.807) is 29.6 Å². The van der Waals surface area contributed by atoms with E-state index in [4.69, 9.17) is 27.9 Å². The number of hydrogen-bond acceptors (Lipinski definition) is 6. The van der Waals surface area contributed by atoms with E-state index in [1.807, 2.05) is 36.4 Å². The average Bonchev–Trinajstić information content (AvgIpc) is 3.10. The Hall–Kier alpha value is -1.80. The molecule has 1 N–H and O–H groups in total. The summed E-state index contributed by atoms with van der Waals surface area (Å²) in [5, 5.41) is 17.1. The van der Waals surface area contributed by atoms with E-state index in [-0.39, 0.29) is 0 Å². The summed E-state index contributed by atoms with van der Waals surface area (Å²) >= 11 is 13.8. The quantitative estimate of drug-likeness (QED) is 0.450. The van der Waals surface area contributed by atoms with Gasteiger partial charge in [-0.1, -0.05) is 53.2 Å². The molecule has 3 aromatic rings. The minimum atomic E-state index is 0.508. The van der Waals surface area contributed by atoms with Crippen LogP contribution in [-0.2, 0) is 6.54 Å². The van der Waals surface area contributed by atoms with E-state index >= 15 is 0 Å². The standard InChI is InChI=1S/C17H17Cl2N5OS/c1-25-16-12(9-13(18)10-15(16)19)11-20-7-8-26-17-21-22-23-24(17)14-5-3-2-4-6-14/h2-6,9-10,20H,7-8,11H2,1H3. The second-order valence-corrected chi connectivity index (χ2v) is 7.22. The van der Waals surface area contributed by atoms with E-state index in [0.717, 1.165) is 28.7 Å². The first-order valence-electron chi connectivity index (χ1n) is 7.88. The highest BCUT2D eigenvalue weighted by molar-refractivity contribution is 7.99. The molecule has 0 spiro atoms. The van der Waals surface area contributed by atoms with Gasteiger partial charge in [-0.3, -0.25) is 0 Å². The molecule has 0 aliphatic rings. The highest BCUT2D eigenvalue weighted by Crippen LogP contribution is 2.32. The van der Waals surface area contributed by atoms with Crippen LogP contribution >= 0.6 is 35.0 Å². The van der Waals surface area contributed by atoms with Gasteiger partial charge in [-0.05, 0) is 34.7 Å². The summed E-state index contributed by atoms with van der Waals surface area (Å²) in [6.07, 6.45) is 0. The zero-order valence-corrected chi connectivity index (χ0v) is 16.4. The lowest BCUT2D eigenvalue weighted by Gasteiger charge is -2.12. The van der Waals surface area contributed by atoms with Crippen LogP contribution in [0.25, 0.3) is 5.69 Å². The SMILES string of the molecule is COc1c(Cl)cc(Cl)cc1CNCCSc1nnnn1-c1ccccc1. The van der Waals surface area contributed by atoms with Gasteiger partial charge in [0, 0.05) is 29.4 Å². The fraction of sp³-hybridized carbons (Fsp3) is 0.235. The summed E-state index contributed by atoms with van der Waals surface area (Å²) < 4.78 is 7.07. The van der Waals surface area contributed by atoms with Gasteiger partial charge in [0.15, 0.2) is 0 Å². The number of para-hydroxylation sites is 1. The van der Waals surface area contributed by atoms with Gasteiger partial charge >= 0.3 is 0 Å². The normalized spacial score (nSPS) is 10.9. The average molecular weight is 410 g/mol. The van der Waals surface area contributed by atoms with Crippen molar-refractivity contribution in [2.75, 3.05) is 19.4 Å². The smallest absolute Gasteiger partial charge is 0.214 e. The maximum absolute atomic E-state index is 6.15. The molecule has 0 amide bonds. The molecule has 0 unspecified atom stereocenters. The van der Waals surface area contributed by atoms with Crippen LogP contribution in [0.2, 0.25) is 10.0 Å². The number of benzene rings is 2. The lowest BCUT2D eigenvalue weighted by atomic mass is 10.2. The Morgan fingerprint density at radius 3 is 2.77 bits per heavy atom. The third kappa shape index (κ3) is 4.67. The molecule has 3 rings (SSSR count). The number of methoxy groups -OCH3 is 1. The van der Waals surface area contributed by atoms with Crippen molar-refractivity contribution in [1.82, 2.24) is 25.5 Å². The number of tetrazole rings is 1. The fourth-order valence-electron chi connectivity index (χ4n) is 2.41. The zero-order chi connectivity index (χ0) is 18.4. The Balaban J connectivity index is 1.53. The lowest BCUT2D eigenvalue weighted by Crippen LogP contribution is -2.17. The largest absolute Gasteiger partial charge is 0.495 e. The Labute approximate surface area is 165 Å². The Morgan fingerprint density at radius 1 is 1.19 bits per heavy atom. The third-order valence-electron chi connectivity index (χ3n) is 3.56. The molecule has 26 heavy (non-hydrogen) atoms. The molecule has 1 aromatic heterocycles. The van der Waals surface area contributed by atoms with Crippen molar-refractivity contribution in [3.05, 3.63) is 58.1 Å². The molecule has 9 heteroatoms. The van der Waals surface area contributed by atoms with Crippen molar-refractivity contribution in [3.8, 4) is 11.4 Å². The van der Waals surface area contributed by atoms with Gasteiger partial charge < -0.3 is 10.1 Å². The van der Waals surface area contributed by atoms with Crippen LogP contribution in [0, 0.1) is 0 Å². The van der Waals surface area contributed by atoms with Crippen molar-refractivity contribution < 1.29 is 4.74 Å². The molecule has 0 bridgehead atoms. The summed E-state index contributed by atoms with van der Waals surface area (Å²) in [7, 11) is 1.60. The topological polar surface area (TPSA) is 64.9 Å². The molecule has 0 saturated heterocycles. The van der Waals surface area contributed by atoms with E-state index in [1.165, 1.54) is 0 Å². The van der Waals surface area contributed by atoms with Crippen LogP contribution in [0.3, 0.4) is 0 Å². The fourth-order valence-corrected chi connectivity index (χ4v) is 3.81. The molecule has 0 aliphatic carbocycles. The molecule has 136 valence electrons. The summed E-state index contributed by atoms with van der Waals surface area (Å²) in [5.74, 6) is 1.45. The van der Waals surface area contributed by atoms with Crippen molar-refractivity contribution in [2.45, 2.75) is 11.7 Å². The first kappa shape index (κ1) is 19.0. The van der Waals surface area contributed by atoms with E-state index in [9.17, 15) is 0 Å². The Kier molecular flexibility index (Phi) is 6.73. The molecule has 1 heterocycles. The molecule has 2 aromatic carbocycles. The number of rotatable bonds is 8. The predicted molar refractivity (Wildman–Crippen MR) is 105 cm³/mol. The number of nitrogens with one attached hydrogen (secondary N) is 1. The predicted octanol–water partition coefficient (Wildman–Crippen LogP) is 3.86. The van der Waals surface area contributed by atoms with Gasteiger partial charge in [-0.2, -0.15) is 4.68 Å². The molecule has 0 aliphatic heterocycles.